The van der Waals surface area contributed by atoms with Gasteiger partial charge in [0.1, 0.15) is 0 Å². The number of benzene rings is 1. The molecular weight excluding hydrogens is 212 g/mol. The lowest BCUT2D eigenvalue weighted by Gasteiger charge is -2.14. The van der Waals surface area contributed by atoms with Gasteiger partial charge < -0.3 is 10.1 Å². The lowest BCUT2D eigenvalue weighted by molar-refractivity contribution is -0.0203. The van der Waals surface area contributed by atoms with Crippen LogP contribution < -0.4 is 0 Å². The third-order valence-electron chi connectivity index (χ3n) is 2.60. The summed E-state index contributed by atoms with van der Waals surface area (Å²) in [6, 6.07) is 7.34. The summed E-state index contributed by atoms with van der Waals surface area (Å²) in [4.78, 5) is 2.96. The second kappa shape index (κ2) is 4.22. The Morgan fingerprint density at radius 2 is 2.00 bits per heavy atom. The van der Waals surface area contributed by atoms with E-state index in [-0.39, 0.29) is 6.42 Å². The Balaban J connectivity index is 2.27. The number of aliphatic hydroxyl groups excluding tert-OH is 1. The summed E-state index contributed by atoms with van der Waals surface area (Å²) in [7, 11) is 0. The summed E-state index contributed by atoms with van der Waals surface area (Å²) in [5.74, 6) is -2.85. The normalized spacial score (nSPS) is 12.2. The van der Waals surface area contributed by atoms with Crippen molar-refractivity contribution in [3.05, 3.63) is 36.0 Å². The van der Waals surface area contributed by atoms with Crippen LogP contribution in [0.15, 0.2) is 30.5 Å². The van der Waals surface area contributed by atoms with Crippen molar-refractivity contribution in [1.82, 2.24) is 4.98 Å². The lowest BCUT2D eigenvalue weighted by atomic mass is 10.0. The van der Waals surface area contributed by atoms with Crippen LogP contribution in [0, 0.1) is 0 Å². The van der Waals surface area contributed by atoms with Crippen LogP contribution >= 0.6 is 0 Å². The molecule has 86 valence electrons. The SMILES string of the molecule is OCCC(F)(F)Cc1c[nH]c2ccccc12. The Bertz CT molecular complexity index is 479. The topological polar surface area (TPSA) is 36.0 Å². The van der Waals surface area contributed by atoms with Crippen LogP contribution in [-0.4, -0.2) is 22.6 Å². The smallest absolute Gasteiger partial charge is 0.254 e. The van der Waals surface area contributed by atoms with Gasteiger partial charge in [0.15, 0.2) is 0 Å². The molecule has 1 aromatic heterocycles. The lowest BCUT2D eigenvalue weighted by Crippen LogP contribution is -2.20. The fourth-order valence-corrected chi connectivity index (χ4v) is 1.81. The predicted octanol–water partition coefficient (Wildman–Crippen LogP) is 2.73. The fourth-order valence-electron chi connectivity index (χ4n) is 1.81. The van der Waals surface area contributed by atoms with Crippen molar-refractivity contribution in [2.45, 2.75) is 18.8 Å². The maximum atomic E-state index is 13.3. The molecule has 16 heavy (non-hydrogen) atoms. The van der Waals surface area contributed by atoms with Gasteiger partial charge in [-0.1, -0.05) is 18.2 Å². The number of H-pyrrole nitrogens is 1. The number of aromatic amines is 1. The molecule has 0 bridgehead atoms. The molecule has 2 aromatic rings. The summed E-state index contributed by atoms with van der Waals surface area (Å²) in [5.41, 5.74) is 1.45. The molecule has 0 aliphatic carbocycles. The Labute approximate surface area is 91.9 Å². The van der Waals surface area contributed by atoms with Gasteiger partial charge in [-0.15, -0.1) is 0 Å². The zero-order valence-corrected chi connectivity index (χ0v) is 8.71. The second-order valence-electron chi connectivity index (χ2n) is 3.87. The van der Waals surface area contributed by atoms with E-state index in [1.165, 1.54) is 0 Å². The number of fused-ring (bicyclic) bond motifs is 1. The van der Waals surface area contributed by atoms with Gasteiger partial charge in [-0.05, 0) is 11.6 Å². The monoisotopic (exact) mass is 225 g/mol. The maximum Gasteiger partial charge on any atom is 0.254 e. The van der Waals surface area contributed by atoms with Crippen molar-refractivity contribution in [2.75, 3.05) is 6.61 Å². The third kappa shape index (κ3) is 2.22. The number of nitrogens with one attached hydrogen (secondary N) is 1. The predicted molar refractivity (Wildman–Crippen MR) is 58.7 cm³/mol. The van der Waals surface area contributed by atoms with E-state index in [2.05, 4.69) is 4.98 Å². The maximum absolute atomic E-state index is 13.3. The minimum Gasteiger partial charge on any atom is -0.396 e. The van der Waals surface area contributed by atoms with E-state index in [1.807, 2.05) is 24.3 Å². The van der Waals surface area contributed by atoms with Crippen molar-refractivity contribution in [2.24, 2.45) is 0 Å². The van der Waals surface area contributed by atoms with Gasteiger partial charge in [-0.25, -0.2) is 8.78 Å². The van der Waals surface area contributed by atoms with E-state index < -0.39 is 19.0 Å². The summed E-state index contributed by atoms with van der Waals surface area (Å²) >= 11 is 0. The van der Waals surface area contributed by atoms with Gasteiger partial charge >= 0.3 is 0 Å². The first-order valence-corrected chi connectivity index (χ1v) is 5.16. The van der Waals surface area contributed by atoms with Gasteiger partial charge in [-0.2, -0.15) is 0 Å². The van der Waals surface area contributed by atoms with Crippen LogP contribution in [0.4, 0.5) is 8.78 Å². The van der Waals surface area contributed by atoms with Crippen LogP contribution in [0.1, 0.15) is 12.0 Å². The molecule has 0 unspecified atom stereocenters. The number of alkyl halides is 2. The third-order valence-corrected chi connectivity index (χ3v) is 2.60. The van der Waals surface area contributed by atoms with Crippen molar-refractivity contribution in [1.29, 1.82) is 0 Å². The van der Waals surface area contributed by atoms with E-state index in [4.69, 9.17) is 5.11 Å². The van der Waals surface area contributed by atoms with E-state index in [0.29, 0.717) is 5.56 Å². The van der Waals surface area contributed by atoms with Crippen molar-refractivity contribution < 1.29 is 13.9 Å². The Kier molecular flexibility index (Phi) is 2.92. The molecule has 2 N–H and O–H groups in total. The molecule has 0 saturated carbocycles. The van der Waals surface area contributed by atoms with Crippen LogP contribution in [0.3, 0.4) is 0 Å². The average molecular weight is 225 g/mol. The number of rotatable bonds is 4. The first kappa shape index (κ1) is 11.1. The molecule has 0 fully saturated rings. The van der Waals surface area contributed by atoms with Crippen LogP contribution in [-0.2, 0) is 6.42 Å². The summed E-state index contributed by atoms with van der Waals surface area (Å²) < 4.78 is 26.7. The number of halogens is 2. The Morgan fingerprint density at radius 3 is 2.75 bits per heavy atom. The Hall–Kier alpha value is -1.42. The van der Waals surface area contributed by atoms with Gasteiger partial charge in [-0.3, -0.25) is 0 Å². The second-order valence-corrected chi connectivity index (χ2v) is 3.87. The molecule has 0 atom stereocenters. The first-order chi connectivity index (χ1) is 7.62. The zero-order valence-electron chi connectivity index (χ0n) is 8.71. The molecule has 2 nitrogen and oxygen atoms in total. The molecule has 0 aliphatic heterocycles. The fraction of sp³-hybridized carbons (Fsp3) is 0.333. The summed E-state index contributed by atoms with van der Waals surface area (Å²) in [6.07, 6.45) is 0.778. The molecular formula is C12H13F2NO. The number of para-hydroxylation sites is 1. The van der Waals surface area contributed by atoms with Crippen molar-refractivity contribution >= 4 is 10.9 Å². The Morgan fingerprint density at radius 1 is 1.25 bits per heavy atom. The van der Waals surface area contributed by atoms with Crippen LogP contribution in [0.2, 0.25) is 0 Å². The first-order valence-electron chi connectivity index (χ1n) is 5.16. The molecule has 1 heterocycles. The van der Waals surface area contributed by atoms with E-state index in [1.54, 1.807) is 6.20 Å². The van der Waals surface area contributed by atoms with Crippen molar-refractivity contribution in [3.8, 4) is 0 Å². The summed E-state index contributed by atoms with van der Waals surface area (Å²) in [6.45, 7) is -0.491. The number of aromatic nitrogens is 1. The van der Waals surface area contributed by atoms with Gasteiger partial charge in [0, 0.05) is 36.5 Å². The molecule has 0 aliphatic rings. The number of aliphatic hydroxyl groups is 1. The standard InChI is InChI=1S/C12H13F2NO/c13-12(14,5-6-16)7-9-8-15-11-4-2-1-3-10(9)11/h1-4,8,15-16H,5-7H2. The highest BCUT2D eigenvalue weighted by Gasteiger charge is 2.29. The van der Waals surface area contributed by atoms with E-state index in [9.17, 15) is 8.78 Å². The highest BCUT2D eigenvalue weighted by molar-refractivity contribution is 5.83. The van der Waals surface area contributed by atoms with E-state index >= 15 is 0 Å². The largest absolute Gasteiger partial charge is 0.396 e. The molecule has 0 amide bonds. The molecule has 0 radical (unpaired) electrons. The molecule has 1 aromatic carbocycles. The quantitative estimate of drug-likeness (QED) is 0.824. The van der Waals surface area contributed by atoms with Gasteiger partial charge in [0.2, 0.25) is 0 Å². The zero-order chi connectivity index (χ0) is 11.6. The molecule has 4 heteroatoms. The molecule has 0 saturated heterocycles. The minimum absolute atomic E-state index is 0.336. The van der Waals surface area contributed by atoms with Gasteiger partial charge in [0.05, 0.1) is 0 Å². The molecule has 0 spiro atoms. The summed E-state index contributed by atoms with van der Waals surface area (Å²) in [5, 5.41) is 9.38. The van der Waals surface area contributed by atoms with Gasteiger partial charge in [0.25, 0.3) is 5.92 Å². The number of hydrogen-bond acceptors (Lipinski definition) is 1. The van der Waals surface area contributed by atoms with Crippen LogP contribution in [0.25, 0.3) is 10.9 Å². The minimum atomic E-state index is -2.85. The van der Waals surface area contributed by atoms with Crippen LogP contribution in [0.5, 0.6) is 0 Å². The van der Waals surface area contributed by atoms with E-state index in [0.717, 1.165) is 10.9 Å². The highest BCUT2D eigenvalue weighted by atomic mass is 19.3. The number of hydrogen-bond donors (Lipinski definition) is 2. The molecule has 2 rings (SSSR count). The highest BCUT2D eigenvalue weighted by Crippen LogP contribution is 2.27. The van der Waals surface area contributed by atoms with Crippen molar-refractivity contribution in [3.63, 3.8) is 0 Å². The average Bonchev–Trinajstić information content (AvgIpc) is 2.61.